The minimum absolute atomic E-state index is 0.0686. The molecule has 1 saturated carbocycles. The van der Waals surface area contributed by atoms with Crippen molar-refractivity contribution in [2.45, 2.75) is 38.1 Å². The van der Waals surface area contributed by atoms with Crippen molar-refractivity contribution in [3.05, 3.63) is 29.3 Å². The Kier molecular flexibility index (Phi) is 2.92. The summed E-state index contributed by atoms with van der Waals surface area (Å²) >= 11 is 0. The molecule has 5 heteroatoms. The van der Waals surface area contributed by atoms with E-state index in [2.05, 4.69) is 12.2 Å². The zero-order valence-electron chi connectivity index (χ0n) is 11.5. The number of nitrogens with one attached hydrogen (secondary N) is 1. The molecule has 5 nitrogen and oxygen atoms in total. The molecule has 1 aliphatic carbocycles. The number of fused-ring (bicyclic) bond motifs is 1. The summed E-state index contributed by atoms with van der Waals surface area (Å²) in [5.74, 6) is -0.933. The number of hydrogen-bond donors (Lipinski definition) is 2. The van der Waals surface area contributed by atoms with Gasteiger partial charge in [0.15, 0.2) is 0 Å². The standard InChI is InChI=1S/C15H18N2O3/c1-15(6-2-7-15)16-14(20)17-8-5-10-9-11(13(18)19)3-4-12(10)17/h3-4,9H,2,5-8H2,1H3,(H,16,20)(H,18,19). The molecule has 0 spiro atoms. The van der Waals surface area contributed by atoms with Gasteiger partial charge in [0.2, 0.25) is 0 Å². The van der Waals surface area contributed by atoms with Gasteiger partial charge in [-0.25, -0.2) is 9.59 Å². The smallest absolute Gasteiger partial charge is 0.335 e. The Morgan fingerprint density at radius 1 is 1.35 bits per heavy atom. The largest absolute Gasteiger partial charge is 0.478 e. The molecule has 0 saturated heterocycles. The second-order valence-electron chi connectivity index (χ2n) is 5.89. The van der Waals surface area contributed by atoms with Crippen LogP contribution in [0.15, 0.2) is 18.2 Å². The van der Waals surface area contributed by atoms with E-state index in [0.29, 0.717) is 13.0 Å². The molecule has 0 aromatic heterocycles. The lowest BCUT2D eigenvalue weighted by molar-refractivity contribution is 0.0697. The zero-order chi connectivity index (χ0) is 14.3. The maximum absolute atomic E-state index is 12.3. The van der Waals surface area contributed by atoms with E-state index in [1.54, 1.807) is 23.1 Å². The minimum atomic E-state index is -0.933. The Morgan fingerprint density at radius 2 is 2.10 bits per heavy atom. The average molecular weight is 274 g/mol. The first-order valence-electron chi connectivity index (χ1n) is 6.94. The van der Waals surface area contributed by atoms with Gasteiger partial charge in [-0.3, -0.25) is 4.90 Å². The molecule has 0 bridgehead atoms. The van der Waals surface area contributed by atoms with Gasteiger partial charge in [0.25, 0.3) is 0 Å². The highest BCUT2D eigenvalue weighted by molar-refractivity contribution is 5.96. The first kappa shape index (κ1) is 13.0. The summed E-state index contributed by atoms with van der Waals surface area (Å²) in [5.41, 5.74) is 1.96. The maximum atomic E-state index is 12.3. The van der Waals surface area contributed by atoms with Crippen LogP contribution in [0.2, 0.25) is 0 Å². The lowest BCUT2D eigenvalue weighted by Crippen LogP contribution is -2.55. The number of benzene rings is 1. The third-order valence-electron chi connectivity index (χ3n) is 4.33. The lowest BCUT2D eigenvalue weighted by atomic mass is 9.79. The highest BCUT2D eigenvalue weighted by atomic mass is 16.4. The monoisotopic (exact) mass is 274 g/mol. The molecule has 1 aliphatic heterocycles. The van der Waals surface area contributed by atoms with Gasteiger partial charge in [0, 0.05) is 17.8 Å². The van der Waals surface area contributed by atoms with Crippen molar-refractivity contribution in [3.8, 4) is 0 Å². The summed E-state index contributed by atoms with van der Waals surface area (Å²) in [7, 11) is 0. The molecule has 1 aromatic rings. The van der Waals surface area contributed by atoms with E-state index in [4.69, 9.17) is 5.11 Å². The molecule has 1 heterocycles. The Balaban J connectivity index is 1.78. The second kappa shape index (κ2) is 4.51. The van der Waals surface area contributed by atoms with Gasteiger partial charge in [-0.05, 0) is 56.4 Å². The van der Waals surface area contributed by atoms with Crippen molar-refractivity contribution in [1.29, 1.82) is 0 Å². The molecule has 2 amide bonds. The molecule has 106 valence electrons. The van der Waals surface area contributed by atoms with Crippen LogP contribution in [-0.2, 0) is 6.42 Å². The Morgan fingerprint density at radius 3 is 2.70 bits per heavy atom. The molecule has 0 radical (unpaired) electrons. The molecule has 0 atom stereocenters. The number of urea groups is 1. The van der Waals surface area contributed by atoms with Crippen LogP contribution in [0.25, 0.3) is 0 Å². The molecule has 1 aromatic carbocycles. The zero-order valence-corrected chi connectivity index (χ0v) is 11.5. The van der Waals surface area contributed by atoms with Gasteiger partial charge < -0.3 is 10.4 Å². The predicted octanol–water partition coefficient (Wildman–Crippen LogP) is 2.40. The van der Waals surface area contributed by atoms with Crippen LogP contribution in [-0.4, -0.2) is 29.2 Å². The van der Waals surface area contributed by atoms with Gasteiger partial charge in [0.05, 0.1) is 5.56 Å². The molecular weight excluding hydrogens is 256 g/mol. The lowest BCUT2D eigenvalue weighted by Gasteiger charge is -2.40. The number of aromatic carboxylic acids is 1. The van der Waals surface area contributed by atoms with Crippen molar-refractivity contribution < 1.29 is 14.7 Å². The van der Waals surface area contributed by atoms with Gasteiger partial charge in [0.1, 0.15) is 0 Å². The molecule has 20 heavy (non-hydrogen) atoms. The van der Waals surface area contributed by atoms with E-state index in [1.165, 1.54) is 0 Å². The number of amides is 2. The molecule has 0 unspecified atom stereocenters. The van der Waals surface area contributed by atoms with Crippen LogP contribution in [0, 0.1) is 0 Å². The van der Waals surface area contributed by atoms with E-state index in [-0.39, 0.29) is 17.1 Å². The average Bonchev–Trinajstić information content (AvgIpc) is 2.79. The van der Waals surface area contributed by atoms with Gasteiger partial charge in [-0.2, -0.15) is 0 Å². The number of carbonyl (C=O) groups excluding carboxylic acids is 1. The molecule has 1 fully saturated rings. The Hall–Kier alpha value is -2.04. The Bertz CT molecular complexity index is 578. The number of carboxylic acid groups (broad SMARTS) is 1. The van der Waals surface area contributed by atoms with Crippen LogP contribution in [0.4, 0.5) is 10.5 Å². The fourth-order valence-electron chi connectivity index (χ4n) is 2.90. The SMILES string of the molecule is CC1(NC(=O)N2CCc3cc(C(=O)O)ccc32)CCC1. The van der Waals surface area contributed by atoms with Crippen molar-refractivity contribution >= 4 is 17.7 Å². The van der Waals surface area contributed by atoms with Gasteiger partial charge in [-0.1, -0.05) is 0 Å². The Labute approximate surface area is 117 Å². The van der Waals surface area contributed by atoms with E-state index < -0.39 is 5.97 Å². The van der Waals surface area contributed by atoms with E-state index in [9.17, 15) is 9.59 Å². The number of nitrogens with zero attached hydrogens (tertiary/aromatic N) is 1. The minimum Gasteiger partial charge on any atom is -0.478 e. The normalized spacial score (nSPS) is 19.1. The van der Waals surface area contributed by atoms with Crippen LogP contribution in [0.3, 0.4) is 0 Å². The summed E-state index contributed by atoms with van der Waals surface area (Å²) in [5, 5.41) is 12.1. The number of carbonyl (C=O) groups is 2. The topological polar surface area (TPSA) is 69.6 Å². The summed E-state index contributed by atoms with van der Waals surface area (Å²) in [6.45, 7) is 2.68. The number of rotatable bonds is 2. The summed E-state index contributed by atoms with van der Waals surface area (Å²) in [6.07, 6.45) is 3.92. The molecule has 2 N–H and O–H groups in total. The molecular formula is C15H18N2O3. The first-order valence-corrected chi connectivity index (χ1v) is 6.94. The van der Waals surface area contributed by atoms with Gasteiger partial charge in [-0.15, -0.1) is 0 Å². The summed E-state index contributed by atoms with van der Waals surface area (Å²) in [6, 6.07) is 4.87. The van der Waals surface area contributed by atoms with Crippen LogP contribution < -0.4 is 10.2 Å². The highest BCUT2D eigenvalue weighted by Crippen LogP contribution is 2.33. The third-order valence-corrected chi connectivity index (χ3v) is 4.33. The number of carboxylic acids is 1. The maximum Gasteiger partial charge on any atom is 0.335 e. The van der Waals surface area contributed by atoms with Crippen molar-refractivity contribution in [1.82, 2.24) is 5.32 Å². The van der Waals surface area contributed by atoms with Crippen LogP contribution >= 0.6 is 0 Å². The van der Waals surface area contributed by atoms with E-state index in [1.807, 2.05) is 0 Å². The first-order chi connectivity index (χ1) is 9.48. The fraction of sp³-hybridized carbons (Fsp3) is 0.467. The van der Waals surface area contributed by atoms with E-state index >= 15 is 0 Å². The second-order valence-corrected chi connectivity index (χ2v) is 5.89. The van der Waals surface area contributed by atoms with Crippen molar-refractivity contribution in [3.63, 3.8) is 0 Å². The van der Waals surface area contributed by atoms with Crippen LogP contribution in [0.1, 0.15) is 42.1 Å². The number of anilines is 1. The van der Waals surface area contributed by atoms with Crippen molar-refractivity contribution in [2.24, 2.45) is 0 Å². The number of hydrogen-bond acceptors (Lipinski definition) is 2. The summed E-state index contributed by atoms with van der Waals surface area (Å²) < 4.78 is 0. The predicted molar refractivity (Wildman–Crippen MR) is 75.2 cm³/mol. The van der Waals surface area contributed by atoms with Crippen LogP contribution in [0.5, 0.6) is 0 Å². The van der Waals surface area contributed by atoms with Gasteiger partial charge >= 0.3 is 12.0 Å². The van der Waals surface area contributed by atoms with Crippen molar-refractivity contribution in [2.75, 3.05) is 11.4 Å². The third kappa shape index (κ3) is 2.13. The molecule has 2 aliphatic rings. The quantitative estimate of drug-likeness (QED) is 0.870. The highest BCUT2D eigenvalue weighted by Gasteiger charge is 2.36. The summed E-state index contributed by atoms with van der Waals surface area (Å²) in [4.78, 5) is 25.0. The molecule has 3 rings (SSSR count). The fourth-order valence-corrected chi connectivity index (χ4v) is 2.90. The van der Waals surface area contributed by atoms with E-state index in [0.717, 1.165) is 30.5 Å².